The first kappa shape index (κ1) is 16.3. The van der Waals surface area contributed by atoms with Gasteiger partial charge in [-0.05, 0) is 25.2 Å². The van der Waals surface area contributed by atoms with E-state index in [2.05, 4.69) is 10.2 Å². The second kappa shape index (κ2) is 5.96. The van der Waals surface area contributed by atoms with Gasteiger partial charge in [-0.2, -0.15) is 5.10 Å². The van der Waals surface area contributed by atoms with Gasteiger partial charge in [0.15, 0.2) is 5.69 Å². The second-order valence-electron chi connectivity index (χ2n) is 5.61. The smallest absolute Gasteiger partial charge is 0.276 e. The predicted octanol–water partition coefficient (Wildman–Crippen LogP) is 2.48. The van der Waals surface area contributed by atoms with Crippen LogP contribution in [0, 0.1) is 0 Å². The SMILES string of the molecule is CCC1CCCN1C(=O)c1n[nH]c(C(C)C)c1S(=O)(=O)Cl. The van der Waals surface area contributed by atoms with Crippen molar-refractivity contribution in [2.75, 3.05) is 6.54 Å². The fraction of sp³-hybridized carbons (Fsp3) is 0.692. The Morgan fingerprint density at radius 1 is 1.52 bits per heavy atom. The summed E-state index contributed by atoms with van der Waals surface area (Å²) in [4.78, 5) is 14.2. The highest BCUT2D eigenvalue weighted by atomic mass is 35.7. The zero-order valence-corrected chi connectivity index (χ0v) is 14.0. The van der Waals surface area contributed by atoms with Gasteiger partial charge in [-0.1, -0.05) is 20.8 Å². The van der Waals surface area contributed by atoms with Gasteiger partial charge in [-0.25, -0.2) is 8.42 Å². The molecule has 8 heteroatoms. The number of H-pyrrole nitrogens is 1. The summed E-state index contributed by atoms with van der Waals surface area (Å²) in [5.74, 6) is -0.482. The third-order valence-corrected chi connectivity index (χ3v) is 5.24. The molecule has 1 aromatic heterocycles. The first-order valence-corrected chi connectivity index (χ1v) is 9.42. The van der Waals surface area contributed by atoms with E-state index in [0.717, 1.165) is 19.3 Å². The lowest BCUT2D eigenvalue weighted by molar-refractivity contribution is 0.0723. The standard InChI is InChI=1S/C13H20ClN3O3S/c1-4-9-6-5-7-17(9)13(18)11-12(21(14,19)20)10(8(2)3)15-16-11/h8-9H,4-7H2,1-3H3,(H,15,16). The van der Waals surface area contributed by atoms with Crippen LogP contribution in [0.2, 0.25) is 0 Å². The summed E-state index contributed by atoms with van der Waals surface area (Å²) < 4.78 is 23.7. The van der Waals surface area contributed by atoms with Gasteiger partial charge >= 0.3 is 0 Å². The number of carbonyl (C=O) groups excluding carboxylic acids is 1. The monoisotopic (exact) mass is 333 g/mol. The number of hydrogen-bond donors (Lipinski definition) is 1. The number of hydrogen-bond acceptors (Lipinski definition) is 4. The number of aromatic amines is 1. The maximum absolute atomic E-state index is 12.6. The first-order valence-electron chi connectivity index (χ1n) is 7.11. The minimum atomic E-state index is -4.03. The molecular weight excluding hydrogens is 314 g/mol. The van der Waals surface area contributed by atoms with Crippen molar-refractivity contribution in [3.63, 3.8) is 0 Å². The van der Waals surface area contributed by atoms with E-state index in [4.69, 9.17) is 10.7 Å². The average molecular weight is 334 g/mol. The number of halogens is 1. The highest BCUT2D eigenvalue weighted by Crippen LogP contribution is 2.30. The summed E-state index contributed by atoms with van der Waals surface area (Å²) in [5, 5.41) is 6.59. The largest absolute Gasteiger partial charge is 0.334 e. The van der Waals surface area contributed by atoms with E-state index < -0.39 is 9.05 Å². The lowest BCUT2D eigenvalue weighted by atomic mass is 10.1. The molecule has 2 rings (SSSR count). The van der Waals surface area contributed by atoms with Crippen LogP contribution in [0.25, 0.3) is 0 Å². The molecule has 1 atom stereocenters. The predicted molar refractivity (Wildman–Crippen MR) is 80.1 cm³/mol. The second-order valence-corrected chi connectivity index (χ2v) is 8.11. The van der Waals surface area contributed by atoms with Gasteiger partial charge in [0.2, 0.25) is 0 Å². The van der Waals surface area contributed by atoms with Crippen molar-refractivity contribution in [1.29, 1.82) is 0 Å². The van der Waals surface area contributed by atoms with Crippen LogP contribution in [0.15, 0.2) is 4.90 Å². The summed E-state index contributed by atoms with van der Waals surface area (Å²) in [5.41, 5.74) is 0.287. The Morgan fingerprint density at radius 2 is 2.19 bits per heavy atom. The number of amides is 1. The lowest BCUT2D eigenvalue weighted by Crippen LogP contribution is -2.35. The minimum Gasteiger partial charge on any atom is -0.334 e. The third kappa shape index (κ3) is 3.08. The zero-order valence-electron chi connectivity index (χ0n) is 12.4. The molecule has 21 heavy (non-hydrogen) atoms. The van der Waals surface area contributed by atoms with Crippen LogP contribution in [0.5, 0.6) is 0 Å². The van der Waals surface area contributed by atoms with Crippen LogP contribution in [-0.2, 0) is 9.05 Å². The van der Waals surface area contributed by atoms with E-state index in [1.165, 1.54) is 0 Å². The molecule has 1 unspecified atom stereocenters. The van der Waals surface area contributed by atoms with Crippen LogP contribution in [0.4, 0.5) is 0 Å². The van der Waals surface area contributed by atoms with Gasteiger partial charge in [0.1, 0.15) is 4.90 Å². The van der Waals surface area contributed by atoms with Crippen molar-refractivity contribution in [1.82, 2.24) is 15.1 Å². The topological polar surface area (TPSA) is 83.1 Å². The van der Waals surface area contributed by atoms with Gasteiger partial charge in [0.05, 0.1) is 5.69 Å². The fourth-order valence-corrected chi connectivity index (χ4v) is 4.17. The third-order valence-electron chi connectivity index (χ3n) is 3.88. The van der Waals surface area contributed by atoms with Crippen LogP contribution < -0.4 is 0 Å². The minimum absolute atomic E-state index is 0.0888. The number of rotatable bonds is 4. The van der Waals surface area contributed by atoms with Gasteiger partial charge < -0.3 is 4.90 Å². The molecule has 1 fully saturated rings. The van der Waals surface area contributed by atoms with Gasteiger partial charge in [0, 0.05) is 23.3 Å². The maximum Gasteiger partial charge on any atom is 0.276 e. The molecule has 1 aromatic rings. The molecule has 1 aliphatic heterocycles. The van der Waals surface area contributed by atoms with Crippen LogP contribution >= 0.6 is 10.7 Å². The van der Waals surface area contributed by atoms with E-state index in [1.54, 1.807) is 4.90 Å². The first-order chi connectivity index (χ1) is 9.77. The number of nitrogens with zero attached hydrogens (tertiary/aromatic N) is 2. The van der Waals surface area contributed by atoms with Crippen LogP contribution in [-0.4, -0.2) is 42.0 Å². The fourth-order valence-electron chi connectivity index (χ4n) is 2.79. The summed E-state index contributed by atoms with van der Waals surface area (Å²) >= 11 is 0. The molecule has 0 aliphatic carbocycles. The average Bonchev–Trinajstić information content (AvgIpc) is 3.03. The highest BCUT2D eigenvalue weighted by Gasteiger charge is 2.35. The molecule has 1 amide bonds. The summed E-state index contributed by atoms with van der Waals surface area (Å²) in [7, 11) is 1.48. The van der Waals surface area contributed by atoms with Crippen molar-refractivity contribution in [3.8, 4) is 0 Å². The van der Waals surface area contributed by atoms with Crippen molar-refractivity contribution >= 4 is 25.6 Å². The number of likely N-dealkylation sites (tertiary alicyclic amines) is 1. The molecule has 0 spiro atoms. The van der Waals surface area contributed by atoms with E-state index in [0.29, 0.717) is 12.2 Å². The molecule has 118 valence electrons. The number of nitrogens with one attached hydrogen (secondary N) is 1. The molecule has 0 saturated carbocycles. The van der Waals surface area contributed by atoms with Crippen LogP contribution in [0.1, 0.15) is 62.1 Å². The Labute approximate surface area is 129 Å². The Bertz CT molecular complexity index is 639. The highest BCUT2D eigenvalue weighted by molar-refractivity contribution is 8.13. The van der Waals surface area contributed by atoms with Crippen LogP contribution in [0.3, 0.4) is 0 Å². The van der Waals surface area contributed by atoms with E-state index in [-0.39, 0.29) is 28.5 Å². The molecule has 0 aromatic carbocycles. The molecule has 1 saturated heterocycles. The van der Waals surface area contributed by atoms with Crippen molar-refractivity contribution in [2.45, 2.75) is 56.9 Å². The van der Waals surface area contributed by atoms with E-state index in [9.17, 15) is 13.2 Å². The summed E-state index contributed by atoms with van der Waals surface area (Å²) in [6.45, 7) is 6.28. The van der Waals surface area contributed by atoms with Crippen molar-refractivity contribution in [3.05, 3.63) is 11.4 Å². The summed E-state index contributed by atoms with van der Waals surface area (Å²) in [6.07, 6.45) is 2.71. The zero-order chi connectivity index (χ0) is 15.8. The Kier molecular flexibility index (Phi) is 4.63. The number of carbonyl (C=O) groups is 1. The van der Waals surface area contributed by atoms with Gasteiger partial charge in [-0.3, -0.25) is 9.89 Å². The maximum atomic E-state index is 12.6. The van der Waals surface area contributed by atoms with Gasteiger partial charge in [0.25, 0.3) is 15.0 Å². The van der Waals surface area contributed by atoms with E-state index >= 15 is 0 Å². The Hall–Kier alpha value is -1.08. The molecule has 6 nitrogen and oxygen atoms in total. The molecule has 1 aliphatic rings. The van der Waals surface area contributed by atoms with Crippen molar-refractivity contribution in [2.24, 2.45) is 0 Å². The quantitative estimate of drug-likeness (QED) is 0.858. The lowest BCUT2D eigenvalue weighted by Gasteiger charge is -2.22. The normalized spacial score (nSPS) is 19.5. The van der Waals surface area contributed by atoms with Gasteiger partial charge in [-0.15, -0.1) is 0 Å². The molecule has 1 N–H and O–H groups in total. The van der Waals surface area contributed by atoms with E-state index in [1.807, 2.05) is 20.8 Å². The Balaban J connectivity index is 2.47. The summed E-state index contributed by atoms with van der Waals surface area (Å²) in [6, 6.07) is 0.141. The number of aromatic nitrogens is 2. The molecule has 0 radical (unpaired) electrons. The Morgan fingerprint density at radius 3 is 2.71 bits per heavy atom. The molecule has 2 heterocycles. The molecular formula is C13H20ClN3O3S. The molecule has 0 bridgehead atoms. The van der Waals surface area contributed by atoms with Crippen molar-refractivity contribution < 1.29 is 13.2 Å².